The van der Waals surface area contributed by atoms with E-state index in [1.165, 1.54) is 0 Å². The predicted octanol–water partition coefficient (Wildman–Crippen LogP) is 3.13. The molecule has 0 bridgehead atoms. The summed E-state index contributed by atoms with van der Waals surface area (Å²) >= 11 is 0. The molecule has 0 unspecified atom stereocenters. The number of carbonyl (C=O) groups is 2. The van der Waals surface area contributed by atoms with Gasteiger partial charge in [-0.05, 0) is 37.1 Å². The Hall–Kier alpha value is -3.61. The van der Waals surface area contributed by atoms with Gasteiger partial charge in [0, 0.05) is 31.3 Å². The van der Waals surface area contributed by atoms with Crippen LogP contribution in [-0.2, 0) is 9.59 Å². The zero-order chi connectivity index (χ0) is 20.8. The average Bonchev–Trinajstić information content (AvgIpc) is 3.27. The van der Waals surface area contributed by atoms with Crippen LogP contribution in [-0.4, -0.2) is 46.2 Å². The van der Waals surface area contributed by atoms with E-state index in [1.807, 2.05) is 66.9 Å². The van der Waals surface area contributed by atoms with E-state index >= 15 is 0 Å². The summed E-state index contributed by atoms with van der Waals surface area (Å²) in [6.07, 6.45) is 3.07. The van der Waals surface area contributed by atoms with Crippen molar-refractivity contribution < 1.29 is 14.3 Å². The zero-order valence-electron chi connectivity index (χ0n) is 16.6. The Labute approximate surface area is 175 Å². The number of para-hydroxylation sites is 2. The molecular weight excluding hydrogens is 380 g/mol. The first-order valence-corrected chi connectivity index (χ1v) is 10.1. The van der Waals surface area contributed by atoms with E-state index in [0.717, 1.165) is 5.69 Å². The second kappa shape index (κ2) is 9.26. The fraction of sp³-hybridized carbons (Fsp3) is 0.261. The lowest BCUT2D eigenvalue weighted by Gasteiger charge is -2.31. The maximum absolute atomic E-state index is 12.6. The minimum absolute atomic E-state index is 0.0117. The number of amides is 2. The fourth-order valence-corrected chi connectivity index (χ4v) is 3.49. The van der Waals surface area contributed by atoms with E-state index in [0.29, 0.717) is 37.5 Å². The van der Waals surface area contributed by atoms with Gasteiger partial charge in [-0.3, -0.25) is 9.59 Å². The van der Waals surface area contributed by atoms with Crippen molar-refractivity contribution in [2.75, 3.05) is 25.0 Å². The molecule has 1 aromatic heterocycles. The highest BCUT2D eigenvalue weighted by atomic mass is 16.5. The second-order valence-electron chi connectivity index (χ2n) is 7.23. The van der Waals surface area contributed by atoms with Crippen LogP contribution in [0.25, 0.3) is 5.69 Å². The lowest BCUT2D eigenvalue weighted by atomic mass is 9.96. The number of nitrogens with zero attached hydrogens (tertiary/aromatic N) is 3. The molecule has 3 aromatic rings. The quantitative estimate of drug-likeness (QED) is 0.685. The monoisotopic (exact) mass is 404 g/mol. The second-order valence-corrected chi connectivity index (χ2v) is 7.23. The van der Waals surface area contributed by atoms with Crippen molar-refractivity contribution in [3.8, 4) is 11.4 Å². The molecule has 2 amide bonds. The molecule has 154 valence electrons. The molecule has 1 N–H and O–H groups in total. The number of nitrogens with one attached hydrogen (secondary N) is 1. The summed E-state index contributed by atoms with van der Waals surface area (Å²) in [6.45, 7) is 1.11. The van der Waals surface area contributed by atoms with Gasteiger partial charge in [0.25, 0.3) is 5.91 Å². The molecule has 0 saturated carbocycles. The molecule has 1 fully saturated rings. The standard InChI is InChI=1S/C23H24N4O3/c28-22(17-30-20-9-5-2-6-10-20)26-14-11-18(12-15-26)23(29)24-21-13-16-27(25-21)19-7-3-1-4-8-19/h1-10,13,16,18H,11-12,14-15,17H2,(H,24,25,29). The first kappa shape index (κ1) is 19.7. The van der Waals surface area contributed by atoms with Gasteiger partial charge in [-0.2, -0.15) is 5.10 Å². The maximum atomic E-state index is 12.6. The molecule has 0 atom stereocenters. The van der Waals surface area contributed by atoms with E-state index in [1.54, 1.807) is 15.6 Å². The maximum Gasteiger partial charge on any atom is 0.260 e. The van der Waals surface area contributed by atoms with Crippen molar-refractivity contribution in [3.63, 3.8) is 0 Å². The third-order valence-electron chi connectivity index (χ3n) is 5.19. The molecule has 0 radical (unpaired) electrons. The smallest absolute Gasteiger partial charge is 0.260 e. The number of hydrogen-bond donors (Lipinski definition) is 1. The molecule has 1 aliphatic heterocycles. The Bertz CT molecular complexity index is 980. The third-order valence-corrected chi connectivity index (χ3v) is 5.19. The Morgan fingerprint density at radius 2 is 1.63 bits per heavy atom. The van der Waals surface area contributed by atoms with Gasteiger partial charge in [0.1, 0.15) is 5.75 Å². The summed E-state index contributed by atoms with van der Waals surface area (Å²) in [5, 5.41) is 7.31. The van der Waals surface area contributed by atoms with Crippen LogP contribution in [0, 0.1) is 5.92 Å². The summed E-state index contributed by atoms with van der Waals surface area (Å²) in [5.41, 5.74) is 0.933. The highest BCUT2D eigenvalue weighted by Crippen LogP contribution is 2.20. The molecule has 1 aliphatic rings. The first-order chi connectivity index (χ1) is 14.7. The molecule has 1 saturated heterocycles. The highest BCUT2D eigenvalue weighted by molar-refractivity contribution is 5.91. The average molecular weight is 404 g/mol. The van der Waals surface area contributed by atoms with Crippen LogP contribution in [0.5, 0.6) is 5.75 Å². The fourth-order valence-electron chi connectivity index (χ4n) is 3.49. The van der Waals surface area contributed by atoms with Crippen LogP contribution >= 0.6 is 0 Å². The van der Waals surface area contributed by atoms with Crippen molar-refractivity contribution in [3.05, 3.63) is 72.9 Å². The number of piperidine rings is 1. The van der Waals surface area contributed by atoms with Crippen molar-refractivity contribution in [2.24, 2.45) is 5.92 Å². The van der Waals surface area contributed by atoms with Crippen LogP contribution < -0.4 is 10.1 Å². The number of anilines is 1. The van der Waals surface area contributed by atoms with Gasteiger partial charge in [0.2, 0.25) is 5.91 Å². The van der Waals surface area contributed by atoms with Gasteiger partial charge in [-0.15, -0.1) is 0 Å². The van der Waals surface area contributed by atoms with Crippen LogP contribution in [0.15, 0.2) is 72.9 Å². The van der Waals surface area contributed by atoms with Crippen molar-refractivity contribution in [1.82, 2.24) is 14.7 Å². The topological polar surface area (TPSA) is 76.5 Å². The Morgan fingerprint density at radius 3 is 2.33 bits per heavy atom. The molecule has 4 rings (SSSR count). The molecule has 7 nitrogen and oxygen atoms in total. The Kier molecular flexibility index (Phi) is 6.08. The number of aromatic nitrogens is 2. The number of carbonyl (C=O) groups excluding carboxylic acids is 2. The van der Waals surface area contributed by atoms with Crippen LogP contribution in [0.2, 0.25) is 0 Å². The normalized spacial score (nSPS) is 14.3. The van der Waals surface area contributed by atoms with E-state index in [4.69, 9.17) is 4.74 Å². The zero-order valence-corrected chi connectivity index (χ0v) is 16.6. The van der Waals surface area contributed by atoms with E-state index in [2.05, 4.69) is 10.4 Å². The van der Waals surface area contributed by atoms with Gasteiger partial charge in [0.15, 0.2) is 12.4 Å². The van der Waals surface area contributed by atoms with E-state index in [9.17, 15) is 9.59 Å². The minimum Gasteiger partial charge on any atom is -0.484 e. The summed E-state index contributed by atoms with van der Waals surface area (Å²) in [6, 6.07) is 20.8. The molecular formula is C23H24N4O3. The van der Waals surface area contributed by atoms with Crippen molar-refractivity contribution in [1.29, 1.82) is 0 Å². The number of ether oxygens (including phenoxy) is 1. The summed E-state index contributed by atoms with van der Waals surface area (Å²) < 4.78 is 7.26. The van der Waals surface area contributed by atoms with Gasteiger partial charge >= 0.3 is 0 Å². The van der Waals surface area contributed by atoms with Gasteiger partial charge in [-0.1, -0.05) is 36.4 Å². The summed E-state index contributed by atoms with van der Waals surface area (Å²) in [5.74, 6) is 0.958. The Morgan fingerprint density at radius 1 is 0.967 bits per heavy atom. The molecule has 2 aromatic carbocycles. The largest absolute Gasteiger partial charge is 0.484 e. The lowest BCUT2D eigenvalue weighted by Crippen LogP contribution is -2.43. The van der Waals surface area contributed by atoms with Crippen molar-refractivity contribution in [2.45, 2.75) is 12.8 Å². The number of rotatable bonds is 6. The van der Waals surface area contributed by atoms with Crippen LogP contribution in [0.4, 0.5) is 5.82 Å². The van der Waals surface area contributed by atoms with Gasteiger partial charge in [0.05, 0.1) is 5.69 Å². The molecule has 2 heterocycles. The molecule has 0 spiro atoms. The van der Waals surface area contributed by atoms with Gasteiger partial charge in [-0.25, -0.2) is 4.68 Å². The minimum atomic E-state index is -0.133. The molecule has 30 heavy (non-hydrogen) atoms. The SMILES string of the molecule is O=C(Nc1ccn(-c2ccccc2)n1)C1CCN(C(=O)COc2ccccc2)CC1. The van der Waals surface area contributed by atoms with Gasteiger partial charge < -0.3 is 15.0 Å². The molecule has 0 aliphatic carbocycles. The number of likely N-dealkylation sites (tertiary alicyclic amines) is 1. The van der Waals surface area contributed by atoms with E-state index in [-0.39, 0.29) is 24.3 Å². The first-order valence-electron chi connectivity index (χ1n) is 10.1. The lowest BCUT2D eigenvalue weighted by molar-refractivity contribution is -0.136. The summed E-state index contributed by atoms with van der Waals surface area (Å²) in [4.78, 5) is 26.7. The van der Waals surface area contributed by atoms with Crippen LogP contribution in [0.3, 0.4) is 0 Å². The highest BCUT2D eigenvalue weighted by Gasteiger charge is 2.27. The third kappa shape index (κ3) is 4.86. The number of benzene rings is 2. The molecule has 7 heteroatoms. The van der Waals surface area contributed by atoms with Crippen molar-refractivity contribution >= 4 is 17.6 Å². The Balaban J connectivity index is 1.24. The van der Waals surface area contributed by atoms with E-state index < -0.39 is 0 Å². The van der Waals surface area contributed by atoms with Crippen LogP contribution in [0.1, 0.15) is 12.8 Å². The number of hydrogen-bond acceptors (Lipinski definition) is 4. The predicted molar refractivity (Wildman–Crippen MR) is 113 cm³/mol. The summed E-state index contributed by atoms with van der Waals surface area (Å²) in [7, 11) is 0.